The molecule has 140 valence electrons. The van der Waals surface area contributed by atoms with Crippen molar-refractivity contribution in [3.63, 3.8) is 0 Å². The van der Waals surface area contributed by atoms with E-state index < -0.39 is 0 Å². The van der Waals surface area contributed by atoms with E-state index in [-0.39, 0.29) is 5.54 Å². The van der Waals surface area contributed by atoms with Crippen LogP contribution in [0.2, 0.25) is 0 Å². The van der Waals surface area contributed by atoms with Gasteiger partial charge < -0.3 is 9.80 Å². The van der Waals surface area contributed by atoms with Crippen LogP contribution < -0.4 is 4.90 Å². The van der Waals surface area contributed by atoms with Crippen LogP contribution in [0.25, 0.3) is 0 Å². The maximum Gasteiger partial charge on any atom is 0.160 e. The summed E-state index contributed by atoms with van der Waals surface area (Å²) in [6.07, 6.45) is 11.5. The molecule has 4 aliphatic rings. The van der Waals surface area contributed by atoms with Crippen molar-refractivity contribution in [2.75, 3.05) is 24.5 Å². The van der Waals surface area contributed by atoms with Crippen LogP contribution >= 0.6 is 0 Å². The van der Waals surface area contributed by atoms with E-state index in [0.29, 0.717) is 5.78 Å². The van der Waals surface area contributed by atoms with Gasteiger partial charge in [-0.3, -0.25) is 4.79 Å². The first-order chi connectivity index (χ1) is 12.8. The Morgan fingerprint density at radius 1 is 0.885 bits per heavy atom. The van der Waals surface area contributed by atoms with Crippen LogP contribution in [0.3, 0.4) is 0 Å². The molecule has 3 heteroatoms. The highest BCUT2D eigenvalue weighted by molar-refractivity contribution is 5.95. The maximum atomic E-state index is 12.9. The van der Waals surface area contributed by atoms with Crippen molar-refractivity contribution in [1.82, 2.24) is 4.90 Å². The fourth-order valence-corrected chi connectivity index (χ4v) is 6.60. The van der Waals surface area contributed by atoms with Gasteiger partial charge in [-0.15, -0.1) is 0 Å². The molecule has 3 nitrogen and oxygen atoms in total. The molecule has 1 spiro atoms. The summed E-state index contributed by atoms with van der Waals surface area (Å²) in [6.45, 7) is 3.12. The van der Waals surface area contributed by atoms with E-state index in [1.165, 1.54) is 44.2 Å². The van der Waals surface area contributed by atoms with Crippen LogP contribution in [-0.2, 0) is 4.79 Å². The van der Waals surface area contributed by atoms with Crippen LogP contribution in [0.15, 0.2) is 30.3 Å². The van der Waals surface area contributed by atoms with Gasteiger partial charge in [0.05, 0.1) is 0 Å². The topological polar surface area (TPSA) is 23.6 Å². The Balaban J connectivity index is 1.29. The van der Waals surface area contributed by atoms with Crippen molar-refractivity contribution in [2.24, 2.45) is 11.8 Å². The second-order valence-electron chi connectivity index (χ2n) is 9.16. The summed E-state index contributed by atoms with van der Waals surface area (Å²) in [7, 11) is 0. The van der Waals surface area contributed by atoms with Gasteiger partial charge in [0.25, 0.3) is 0 Å². The summed E-state index contributed by atoms with van der Waals surface area (Å²) in [5.74, 6) is 2.48. The zero-order valence-electron chi connectivity index (χ0n) is 15.9. The zero-order valence-corrected chi connectivity index (χ0v) is 15.9. The van der Waals surface area contributed by atoms with Gasteiger partial charge in [-0.2, -0.15) is 0 Å². The number of fused-ring (bicyclic) bond motifs is 1. The van der Waals surface area contributed by atoms with Crippen molar-refractivity contribution in [3.8, 4) is 0 Å². The normalized spacial score (nSPS) is 34.4. The number of hydrogen-bond acceptors (Lipinski definition) is 3. The average Bonchev–Trinajstić information content (AvgIpc) is 3.25. The Morgan fingerprint density at radius 2 is 1.54 bits per heavy atom. The van der Waals surface area contributed by atoms with Crippen LogP contribution in [0.5, 0.6) is 0 Å². The van der Waals surface area contributed by atoms with Crippen molar-refractivity contribution in [1.29, 1.82) is 0 Å². The van der Waals surface area contributed by atoms with Gasteiger partial charge in [0.15, 0.2) is 5.78 Å². The molecule has 0 amide bonds. The number of piperidine rings is 1. The first kappa shape index (κ1) is 16.8. The van der Waals surface area contributed by atoms with Gasteiger partial charge in [0.2, 0.25) is 0 Å². The molecule has 2 aliphatic heterocycles. The molecule has 2 saturated carbocycles. The van der Waals surface area contributed by atoms with Crippen molar-refractivity contribution < 1.29 is 4.79 Å². The van der Waals surface area contributed by atoms with E-state index in [2.05, 4.69) is 40.1 Å². The zero-order chi connectivity index (χ0) is 17.6. The van der Waals surface area contributed by atoms with E-state index in [0.717, 1.165) is 56.8 Å². The monoisotopic (exact) mass is 352 g/mol. The van der Waals surface area contributed by atoms with Gasteiger partial charge in [-0.05, 0) is 49.7 Å². The molecular formula is C23H32N2O. The minimum atomic E-state index is -0.219. The highest BCUT2D eigenvalue weighted by Gasteiger charge is 2.51. The Kier molecular flexibility index (Phi) is 4.31. The number of nitrogens with zero attached hydrogens (tertiary/aromatic N) is 2. The highest BCUT2D eigenvalue weighted by atomic mass is 16.1. The van der Waals surface area contributed by atoms with Gasteiger partial charge in [-0.25, -0.2) is 0 Å². The van der Waals surface area contributed by atoms with E-state index in [1.54, 1.807) is 0 Å². The molecule has 0 radical (unpaired) electrons. The lowest BCUT2D eigenvalue weighted by molar-refractivity contribution is -0.123. The first-order valence-corrected chi connectivity index (χ1v) is 10.9. The molecule has 1 aromatic rings. The smallest absolute Gasteiger partial charge is 0.160 e. The fourth-order valence-electron chi connectivity index (χ4n) is 6.60. The van der Waals surface area contributed by atoms with Gasteiger partial charge in [0, 0.05) is 37.8 Å². The third-order valence-electron chi connectivity index (χ3n) is 8.02. The average molecular weight is 353 g/mol. The molecule has 0 aromatic heterocycles. The van der Waals surface area contributed by atoms with Crippen LogP contribution in [0, 0.1) is 11.8 Å². The van der Waals surface area contributed by atoms with E-state index in [1.807, 2.05) is 0 Å². The second kappa shape index (κ2) is 6.67. The number of para-hydroxylation sites is 1. The summed E-state index contributed by atoms with van der Waals surface area (Å²) in [4.78, 5) is 18.1. The molecular weight excluding hydrogens is 320 g/mol. The molecule has 26 heavy (non-hydrogen) atoms. The Labute approximate surface area is 157 Å². The minimum Gasteiger partial charge on any atom is -0.358 e. The second-order valence-corrected chi connectivity index (χ2v) is 9.16. The molecule has 0 bridgehead atoms. The van der Waals surface area contributed by atoms with Crippen LogP contribution in [0.4, 0.5) is 5.69 Å². The van der Waals surface area contributed by atoms with Gasteiger partial charge >= 0.3 is 0 Å². The lowest BCUT2D eigenvalue weighted by atomic mass is 9.82. The number of benzene rings is 1. The molecule has 4 fully saturated rings. The number of carbonyl (C=O) groups excluding carboxylic acids is 1. The molecule has 1 aromatic carbocycles. The molecule has 5 rings (SSSR count). The summed E-state index contributed by atoms with van der Waals surface area (Å²) < 4.78 is 0. The van der Waals surface area contributed by atoms with Crippen molar-refractivity contribution >= 4 is 11.5 Å². The number of anilines is 1. The molecule has 2 unspecified atom stereocenters. The Bertz CT molecular complexity index is 635. The van der Waals surface area contributed by atoms with Crippen molar-refractivity contribution in [3.05, 3.63) is 30.3 Å². The molecule has 2 saturated heterocycles. The number of rotatable bonds is 2. The minimum absolute atomic E-state index is 0.219. The van der Waals surface area contributed by atoms with Crippen LogP contribution in [0.1, 0.15) is 57.8 Å². The highest BCUT2D eigenvalue weighted by Crippen LogP contribution is 2.46. The standard InChI is InChI=1S/C23H32N2O/c26-22-10-13-25(20-8-2-1-3-9-20)23(22)11-14-24(15-12-23)21-16-18-6-4-5-7-19(18)17-21/h1-3,8-9,18-19,21H,4-7,10-17H2. The lowest BCUT2D eigenvalue weighted by Gasteiger charge is -2.46. The number of carbonyl (C=O) groups is 1. The molecule has 2 heterocycles. The van der Waals surface area contributed by atoms with E-state index >= 15 is 0 Å². The van der Waals surface area contributed by atoms with Gasteiger partial charge in [-0.1, -0.05) is 43.9 Å². The molecule has 2 aliphatic carbocycles. The first-order valence-electron chi connectivity index (χ1n) is 10.9. The van der Waals surface area contributed by atoms with Gasteiger partial charge in [0.1, 0.15) is 5.54 Å². The summed E-state index contributed by atoms with van der Waals surface area (Å²) in [5, 5.41) is 0. The van der Waals surface area contributed by atoms with Crippen molar-refractivity contribution in [2.45, 2.75) is 69.4 Å². The SMILES string of the molecule is O=C1CCN(c2ccccc2)C12CCN(C1CC3CCCCC3C1)CC2. The number of hydrogen-bond donors (Lipinski definition) is 0. The summed E-state index contributed by atoms with van der Waals surface area (Å²) in [5.41, 5.74) is 1.02. The number of ketones is 1. The third-order valence-corrected chi connectivity index (χ3v) is 8.02. The maximum absolute atomic E-state index is 12.9. The fraction of sp³-hybridized carbons (Fsp3) is 0.696. The largest absolute Gasteiger partial charge is 0.358 e. The van der Waals surface area contributed by atoms with E-state index in [9.17, 15) is 4.79 Å². The van der Waals surface area contributed by atoms with Crippen LogP contribution in [-0.4, -0.2) is 41.9 Å². The van der Waals surface area contributed by atoms with E-state index in [4.69, 9.17) is 0 Å². The Morgan fingerprint density at radius 3 is 2.19 bits per heavy atom. The summed E-state index contributed by atoms with van der Waals surface area (Å²) >= 11 is 0. The molecule has 2 atom stereocenters. The summed E-state index contributed by atoms with van der Waals surface area (Å²) in [6, 6.07) is 11.4. The predicted octanol–water partition coefficient (Wildman–Crippen LogP) is 4.27. The number of likely N-dealkylation sites (tertiary alicyclic amines) is 1. The molecule has 0 N–H and O–H groups in total. The third kappa shape index (κ3) is 2.70. The Hall–Kier alpha value is -1.35. The predicted molar refractivity (Wildman–Crippen MR) is 105 cm³/mol. The number of Topliss-reactive ketones (excluding diaryl/α,β-unsaturated/α-hetero) is 1. The lowest BCUT2D eigenvalue weighted by Crippen LogP contribution is -2.57. The quantitative estimate of drug-likeness (QED) is 0.794.